The zero-order chi connectivity index (χ0) is 15.0. The lowest BCUT2D eigenvalue weighted by molar-refractivity contribution is -0.383. The van der Waals surface area contributed by atoms with E-state index >= 15 is 0 Å². The van der Waals surface area contributed by atoms with E-state index in [-0.39, 0.29) is 12.2 Å². The Morgan fingerprint density at radius 1 is 1.14 bits per heavy atom. The fourth-order valence-corrected chi connectivity index (χ4v) is 2.34. The lowest BCUT2D eigenvalue weighted by atomic mass is 10.2. The van der Waals surface area contributed by atoms with Crippen LogP contribution < -0.4 is 0 Å². The van der Waals surface area contributed by atoms with Gasteiger partial charge in [-0.3, -0.25) is 10.1 Å². The van der Waals surface area contributed by atoms with Gasteiger partial charge in [0.1, 0.15) is 11.6 Å². The van der Waals surface area contributed by atoms with Crippen LogP contribution in [0.15, 0.2) is 48.7 Å². The second kappa shape index (κ2) is 4.97. The van der Waals surface area contributed by atoms with Crippen molar-refractivity contribution in [3.63, 3.8) is 0 Å². The van der Waals surface area contributed by atoms with E-state index in [4.69, 9.17) is 0 Å². The predicted molar refractivity (Wildman–Crippen MR) is 74.1 cm³/mol. The van der Waals surface area contributed by atoms with E-state index in [0.717, 1.165) is 6.07 Å². The van der Waals surface area contributed by atoms with Gasteiger partial charge in [-0.2, -0.15) is 0 Å². The van der Waals surface area contributed by atoms with E-state index in [9.17, 15) is 18.9 Å². The molecule has 0 saturated carbocycles. The molecule has 0 radical (unpaired) electrons. The molecule has 0 spiro atoms. The minimum atomic E-state index is -0.637. The van der Waals surface area contributed by atoms with Gasteiger partial charge in [-0.05, 0) is 18.2 Å². The fourth-order valence-electron chi connectivity index (χ4n) is 2.34. The fraction of sp³-hybridized carbons (Fsp3) is 0.0667. The van der Waals surface area contributed by atoms with Gasteiger partial charge in [-0.15, -0.1) is 0 Å². The number of nitrogens with zero attached hydrogens (tertiary/aromatic N) is 2. The summed E-state index contributed by atoms with van der Waals surface area (Å²) in [4.78, 5) is 10.5. The lowest BCUT2D eigenvalue weighted by Crippen LogP contribution is -2.01. The predicted octanol–water partition coefficient (Wildman–Crippen LogP) is 3.88. The van der Waals surface area contributed by atoms with Crippen LogP contribution in [0.1, 0.15) is 5.56 Å². The van der Waals surface area contributed by atoms with Gasteiger partial charge in [0, 0.05) is 23.9 Å². The van der Waals surface area contributed by atoms with Crippen LogP contribution in [-0.2, 0) is 6.54 Å². The van der Waals surface area contributed by atoms with E-state index in [0.29, 0.717) is 16.5 Å². The molecule has 2 aromatic carbocycles. The molecule has 1 heterocycles. The van der Waals surface area contributed by atoms with Crippen molar-refractivity contribution in [2.75, 3.05) is 0 Å². The summed E-state index contributed by atoms with van der Waals surface area (Å²) in [5.41, 5.74) is 0.958. The van der Waals surface area contributed by atoms with E-state index < -0.39 is 16.6 Å². The molecular weight excluding hydrogens is 278 g/mol. The van der Waals surface area contributed by atoms with Crippen LogP contribution in [0, 0.1) is 21.7 Å². The molecule has 3 aromatic rings. The van der Waals surface area contributed by atoms with Crippen molar-refractivity contribution in [1.82, 2.24) is 4.57 Å². The number of nitro groups is 1. The molecule has 0 saturated heterocycles. The monoisotopic (exact) mass is 288 g/mol. The minimum Gasteiger partial charge on any atom is -0.343 e. The normalized spacial score (nSPS) is 11.0. The third-order valence-electron chi connectivity index (χ3n) is 3.34. The molecule has 0 aliphatic heterocycles. The van der Waals surface area contributed by atoms with Crippen LogP contribution >= 0.6 is 0 Å². The highest BCUT2D eigenvalue weighted by Crippen LogP contribution is 2.27. The molecule has 106 valence electrons. The Kier molecular flexibility index (Phi) is 3.13. The van der Waals surface area contributed by atoms with E-state index in [1.807, 2.05) is 0 Å². The van der Waals surface area contributed by atoms with Crippen molar-refractivity contribution in [3.05, 3.63) is 76.0 Å². The van der Waals surface area contributed by atoms with Gasteiger partial charge >= 0.3 is 0 Å². The standard InChI is InChI=1S/C15H10F2N2O2/c16-11-5-4-10(13(17)8-11)9-18-7-6-12-14(18)2-1-3-15(12)19(20)21/h1-8H,9H2. The third kappa shape index (κ3) is 2.35. The van der Waals surface area contributed by atoms with Gasteiger partial charge in [0.15, 0.2) is 0 Å². The van der Waals surface area contributed by atoms with Crippen LogP contribution in [0.3, 0.4) is 0 Å². The maximum Gasteiger partial charge on any atom is 0.278 e. The first-order valence-electron chi connectivity index (χ1n) is 6.22. The molecule has 0 N–H and O–H groups in total. The van der Waals surface area contributed by atoms with E-state index in [2.05, 4.69) is 0 Å². The SMILES string of the molecule is O=[N+]([O-])c1cccc2c1ccn2Cc1ccc(F)cc1F. The molecule has 0 bridgehead atoms. The summed E-state index contributed by atoms with van der Waals surface area (Å²) in [6.45, 7) is 0.177. The Morgan fingerprint density at radius 3 is 2.67 bits per heavy atom. The highest BCUT2D eigenvalue weighted by molar-refractivity contribution is 5.89. The number of hydrogen-bond acceptors (Lipinski definition) is 2. The lowest BCUT2D eigenvalue weighted by Gasteiger charge is -2.07. The molecule has 0 fully saturated rings. The first-order valence-corrected chi connectivity index (χ1v) is 6.22. The number of non-ortho nitro benzene ring substituents is 1. The van der Waals surface area contributed by atoms with E-state index in [1.54, 1.807) is 29.0 Å². The molecule has 0 aliphatic rings. The van der Waals surface area contributed by atoms with Gasteiger partial charge in [0.25, 0.3) is 5.69 Å². The summed E-state index contributed by atoms with van der Waals surface area (Å²) < 4.78 is 28.3. The number of halogens is 2. The summed E-state index contributed by atoms with van der Waals surface area (Å²) >= 11 is 0. The Morgan fingerprint density at radius 2 is 1.95 bits per heavy atom. The van der Waals surface area contributed by atoms with Crippen molar-refractivity contribution < 1.29 is 13.7 Å². The van der Waals surface area contributed by atoms with Crippen LogP contribution in [0.25, 0.3) is 10.9 Å². The molecule has 0 amide bonds. The van der Waals surface area contributed by atoms with Crippen molar-refractivity contribution in [1.29, 1.82) is 0 Å². The van der Waals surface area contributed by atoms with Gasteiger partial charge < -0.3 is 4.57 Å². The Hall–Kier alpha value is -2.76. The van der Waals surface area contributed by atoms with Crippen LogP contribution in [0.2, 0.25) is 0 Å². The molecule has 0 aliphatic carbocycles. The van der Waals surface area contributed by atoms with Crippen molar-refractivity contribution in [2.24, 2.45) is 0 Å². The van der Waals surface area contributed by atoms with Crippen LogP contribution in [-0.4, -0.2) is 9.49 Å². The largest absolute Gasteiger partial charge is 0.343 e. The molecule has 21 heavy (non-hydrogen) atoms. The summed E-state index contributed by atoms with van der Waals surface area (Å²) in [7, 11) is 0. The maximum atomic E-state index is 13.7. The Labute approximate surface area is 118 Å². The number of benzene rings is 2. The second-order valence-electron chi connectivity index (χ2n) is 4.65. The third-order valence-corrected chi connectivity index (χ3v) is 3.34. The maximum absolute atomic E-state index is 13.7. The van der Waals surface area contributed by atoms with Gasteiger partial charge in [-0.1, -0.05) is 12.1 Å². The highest BCUT2D eigenvalue weighted by atomic mass is 19.1. The van der Waals surface area contributed by atoms with Crippen molar-refractivity contribution in [3.8, 4) is 0 Å². The van der Waals surface area contributed by atoms with Crippen LogP contribution in [0.5, 0.6) is 0 Å². The molecule has 6 heteroatoms. The number of aromatic nitrogens is 1. The molecular formula is C15H10F2N2O2. The first-order chi connectivity index (χ1) is 10.1. The molecule has 1 aromatic heterocycles. The summed E-state index contributed by atoms with van der Waals surface area (Å²) in [5.74, 6) is -1.27. The topological polar surface area (TPSA) is 48.1 Å². The zero-order valence-corrected chi connectivity index (χ0v) is 10.8. The van der Waals surface area contributed by atoms with Crippen molar-refractivity contribution >= 4 is 16.6 Å². The molecule has 0 unspecified atom stereocenters. The van der Waals surface area contributed by atoms with Gasteiger partial charge in [0.05, 0.1) is 22.4 Å². The van der Waals surface area contributed by atoms with Crippen LogP contribution in [0.4, 0.5) is 14.5 Å². The number of nitro benzene ring substituents is 1. The summed E-state index contributed by atoms with van der Waals surface area (Å²) in [5, 5.41) is 11.5. The number of rotatable bonds is 3. The van der Waals surface area contributed by atoms with E-state index in [1.165, 1.54) is 18.2 Å². The zero-order valence-electron chi connectivity index (χ0n) is 10.8. The summed E-state index contributed by atoms with van der Waals surface area (Å²) in [6, 6.07) is 9.73. The average Bonchev–Trinajstić information content (AvgIpc) is 2.85. The Bertz CT molecular complexity index is 843. The van der Waals surface area contributed by atoms with Crippen molar-refractivity contribution in [2.45, 2.75) is 6.54 Å². The second-order valence-corrected chi connectivity index (χ2v) is 4.65. The van der Waals surface area contributed by atoms with Gasteiger partial charge in [-0.25, -0.2) is 8.78 Å². The number of hydrogen-bond donors (Lipinski definition) is 0. The quantitative estimate of drug-likeness (QED) is 0.542. The Balaban J connectivity index is 2.06. The molecule has 3 rings (SSSR count). The number of fused-ring (bicyclic) bond motifs is 1. The molecule has 4 nitrogen and oxygen atoms in total. The van der Waals surface area contributed by atoms with Gasteiger partial charge in [0.2, 0.25) is 0 Å². The first kappa shape index (κ1) is 13.2. The highest BCUT2D eigenvalue weighted by Gasteiger charge is 2.14. The minimum absolute atomic E-state index is 0.00540. The molecule has 0 atom stereocenters. The average molecular weight is 288 g/mol. The smallest absolute Gasteiger partial charge is 0.278 e. The summed E-state index contributed by atoms with van der Waals surface area (Å²) in [6.07, 6.45) is 1.65.